The molecule has 3 N–H and O–H groups in total. The normalized spacial score (nSPS) is 14.0. The average molecular weight is 378 g/mol. The number of ether oxygens (including phenoxy) is 3. The van der Waals surface area contributed by atoms with Gasteiger partial charge < -0.3 is 29.5 Å². The summed E-state index contributed by atoms with van der Waals surface area (Å²) in [6.07, 6.45) is -2.93. The molecule has 0 aromatic carbocycles. The third kappa shape index (κ3) is 5.99. The zero-order chi connectivity index (χ0) is 20.5. The quantitative estimate of drug-likeness (QED) is 0.236. The van der Waals surface area contributed by atoms with Crippen LogP contribution in [0.3, 0.4) is 0 Å². The molecule has 11 nitrogen and oxygen atoms in total. The predicted molar refractivity (Wildman–Crippen MR) is 81.8 cm³/mol. The smallest absolute Gasteiger partial charge is 0.359 e. The zero-order valence-electron chi connectivity index (χ0n) is 14.6. The molecule has 0 aliphatic rings. The first kappa shape index (κ1) is 23.3. The Hall–Kier alpha value is -2.69. The molecular formula is C15H22O11. The fourth-order valence-electron chi connectivity index (χ4n) is 2.14. The van der Waals surface area contributed by atoms with Crippen LogP contribution in [-0.2, 0) is 38.2 Å². The first-order chi connectivity index (χ1) is 12.0. The molecule has 148 valence electrons. The lowest BCUT2D eigenvalue weighted by atomic mass is 9.81. The number of aliphatic hydroxyl groups is 1. The van der Waals surface area contributed by atoms with Crippen molar-refractivity contribution in [2.45, 2.75) is 44.3 Å². The summed E-state index contributed by atoms with van der Waals surface area (Å²) in [4.78, 5) is 57.9. The monoisotopic (exact) mass is 378 g/mol. The second-order valence-electron chi connectivity index (χ2n) is 5.36. The molecule has 0 spiro atoms. The van der Waals surface area contributed by atoms with Gasteiger partial charge in [0.05, 0.1) is 26.6 Å². The summed E-state index contributed by atoms with van der Waals surface area (Å²) in [5, 5.41) is 28.4. The zero-order valence-corrected chi connectivity index (χ0v) is 14.6. The Bertz CT molecular complexity index is 540. The largest absolute Gasteiger partial charge is 0.481 e. The highest BCUT2D eigenvalue weighted by Gasteiger charge is 2.51. The standard InChI is InChI=1S/C15H22O11/c1-4-5-6-8(15(23,14(21)22)7-9(16)17)11(18)26-10(12(19)24-2)13(20)25-3/h8,10,23H,4-7H2,1-3H3,(H,16,17)(H,21,22). The highest BCUT2D eigenvalue weighted by Crippen LogP contribution is 2.29. The Kier molecular flexibility index (Phi) is 9.27. The summed E-state index contributed by atoms with van der Waals surface area (Å²) >= 11 is 0. The van der Waals surface area contributed by atoms with E-state index in [-0.39, 0.29) is 12.8 Å². The fourth-order valence-corrected chi connectivity index (χ4v) is 2.14. The summed E-state index contributed by atoms with van der Waals surface area (Å²) < 4.78 is 13.3. The van der Waals surface area contributed by atoms with Gasteiger partial charge in [0.2, 0.25) is 0 Å². The van der Waals surface area contributed by atoms with Gasteiger partial charge in [0.1, 0.15) is 0 Å². The lowest BCUT2D eigenvalue weighted by Crippen LogP contribution is -2.52. The first-order valence-corrected chi connectivity index (χ1v) is 7.58. The molecule has 26 heavy (non-hydrogen) atoms. The molecule has 2 unspecified atom stereocenters. The van der Waals surface area contributed by atoms with E-state index in [1.165, 1.54) is 0 Å². The summed E-state index contributed by atoms with van der Waals surface area (Å²) in [5.74, 6) is -9.46. The van der Waals surface area contributed by atoms with Crippen LogP contribution in [0, 0.1) is 5.92 Å². The molecule has 0 saturated carbocycles. The molecule has 0 saturated heterocycles. The van der Waals surface area contributed by atoms with Gasteiger partial charge in [0.25, 0.3) is 6.10 Å². The number of carbonyl (C=O) groups excluding carboxylic acids is 3. The number of carbonyl (C=O) groups is 5. The lowest BCUT2D eigenvalue weighted by Gasteiger charge is -2.30. The Morgan fingerprint density at radius 3 is 1.81 bits per heavy atom. The maximum Gasteiger partial charge on any atom is 0.359 e. The number of esters is 3. The van der Waals surface area contributed by atoms with Gasteiger partial charge in [-0.3, -0.25) is 9.59 Å². The minimum atomic E-state index is -2.99. The van der Waals surface area contributed by atoms with E-state index in [2.05, 4.69) is 14.2 Å². The minimum absolute atomic E-state index is 0.246. The Morgan fingerprint density at radius 2 is 1.46 bits per heavy atom. The van der Waals surface area contributed by atoms with Crippen molar-refractivity contribution in [3.8, 4) is 0 Å². The number of hydrogen-bond donors (Lipinski definition) is 3. The van der Waals surface area contributed by atoms with Gasteiger partial charge in [-0.05, 0) is 6.42 Å². The Morgan fingerprint density at radius 1 is 0.962 bits per heavy atom. The van der Waals surface area contributed by atoms with Crippen molar-refractivity contribution in [2.75, 3.05) is 14.2 Å². The van der Waals surface area contributed by atoms with Gasteiger partial charge in [-0.2, -0.15) is 0 Å². The fraction of sp³-hybridized carbons (Fsp3) is 0.667. The van der Waals surface area contributed by atoms with Crippen LogP contribution in [0.1, 0.15) is 32.6 Å². The highest BCUT2D eigenvalue weighted by molar-refractivity contribution is 6.00. The molecule has 0 aliphatic heterocycles. The Labute approximate surface area is 148 Å². The van der Waals surface area contributed by atoms with E-state index in [1.54, 1.807) is 6.92 Å². The van der Waals surface area contributed by atoms with Crippen molar-refractivity contribution in [1.29, 1.82) is 0 Å². The van der Waals surface area contributed by atoms with Gasteiger partial charge in [-0.15, -0.1) is 0 Å². The Balaban J connectivity index is 5.78. The molecule has 0 radical (unpaired) electrons. The van der Waals surface area contributed by atoms with E-state index < -0.39 is 53.9 Å². The average Bonchev–Trinajstić information content (AvgIpc) is 2.57. The SMILES string of the molecule is CCCCC(C(=O)OC(C(=O)OC)C(=O)OC)C(O)(CC(=O)O)C(=O)O. The van der Waals surface area contributed by atoms with Crippen molar-refractivity contribution in [3.05, 3.63) is 0 Å². The van der Waals surface area contributed by atoms with Crippen LogP contribution < -0.4 is 0 Å². The number of aliphatic carboxylic acids is 2. The van der Waals surface area contributed by atoms with Gasteiger partial charge in [0, 0.05) is 0 Å². The number of rotatable bonds is 11. The van der Waals surface area contributed by atoms with Crippen molar-refractivity contribution in [2.24, 2.45) is 5.92 Å². The second kappa shape index (κ2) is 10.3. The van der Waals surface area contributed by atoms with Crippen LogP contribution in [0.25, 0.3) is 0 Å². The third-order valence-corrected chi connectivity index (χ3v) is 3.56. The summed E-state index contributed by atoms with van der Waals surface area (Å²) in [5.41, 5.74) is -2.99. The molecule has 0 heterocycles. The molecule has 0 fully saturated rings. The maximum atomic E-state index is 12.4. The van der Waals surface area contributed by atoms with Gasteiger partial charge in [0.15, 0.2) is 5.60 Å². The highest BCUT2D eigenvalue weighted by atomic mass is 16.6. The van der Waals surface area contributed by atoms with E-state index in [4.69, 9.17) is 5.11 Å². The first-order valence-electron chi connectivity index (χ1n) is 7.58. The van der Waals surface area contributed by atoms with Crippen molar-refractivity contribution in [1.82, 2.24) is 0 Å². The topological polar surface area (TPSA) is 174 Å². The van der Waals surface area contributed by atoms with Crippen LogP contribution in [0.4, 0.5) is 0 Å². The molecule has 11 heteroatoms. The number of carboxylic acids is 2. The molecule has 0 bridgehead atoms. The number of methoxy groups -OCH3 is 2. The lowest BCUT2D eigenvalue weighted by molar-refractivity contribution is -0.191. The molecule has 0 aliphatic carbocycles. The van der Waals surface area contributed by atoms with E-state index in [0.717, 1.165) is 14.2 Å². The molecule has 2 atom stereocenters. The van der Waals surface area contributed by atoms with Crippen LogP contribution in [0.5, 0.6) is 0 Å². The van der Waals surface area contributed by atoms with Crippen LogP contribution in [0.2, 0.25) is 0 Å². The van der Waals surface area contributed by atoms with E-state index in [9.17, 15) is 34.2 Å². The minimum Gasteiger partial charge on any atom is -0.481 e. The van der Waals surface area contributed by atoms with Crippen molar-refractivity contribution in [3.63, 3.8) is 0 Å². The van der Waals surface area contributed by atoms with Gasteiger partial charge in [-0.1, -0.05) is 19.8 Å². The van der Waals surface area contributed by atoms with Crippen LogP contribution in [0.15, 0.2) is 0 Å². The maximum absolute atomic E-state index is 12.4. The van der Waals surface area contributed by atoms with Crippen LogP contribution >= 0.6 is 0 Å². The number of hydrogen-bond acceptors (Lipinski definition) is 9. The van der Waals surface area contributed by atoms with Crippen molar-refractivity contribution >= 4 is 29.8 Å². The van der Waals surface area contributed by atoms with E-state index >= 15 is 0 Å². The van der Waals surface area contributed by atoms with Gasteiger partial charge >= 0.3 is 29.8 Å². The molecule has 0 aromatic rings. The number of unbranched alkanes of at least 4 members (excludes halogenated alkanes) is 1. The summed E-state index contributed by atoms with van der Waals surface area (Å²) in [6, 6.07) is 0. The molecule has 0 aromatic heterocycles. The predicted octanol–water partition coefficient (Wildman–Crippen LogP) is -0.659. The van der Waals surface area contributed by atoms with E-state index in [0.29, 0.717) is 6.42 Å². The van der Waals surface area contributed by atoms with Crippen LogP contribution in [-0.4, -0.2) is 71.1 Å². The molecule has 0 rings (SSSR count). The van der Waals surface area contributed by atoms with Crippen molar-refractivity contribution < 1.29 is 53.5 Å². The number of carboxylic acid groups (broad SMARTS) is 2. The summed E-state index contributed by atoms with van der Waals surface area (Å²) in [6.45, 7) is 1.71. The summed E-state index contributed by atoms with van der Waals surface area (Å²) in [7, 11) is 1.83. The van der Waals surface area contributed by atoms with Gasteiger partial charge in [-0.25, -0.2) is 14.4 Å². The van der Waals surface area contributed by atoms with E-state index in [1.807, 2.05) is 0 Å². The second-order valence-corrected chi connectivity index (χ2v) is 5.36. The third-order valence-electron chi connectivity index (χ3n) is 3.56. The molecule has 0 amide bonds. The molecular weight excluding hydrogens is 356 g/mol.